The highest BCUT2D eigenvalue weighted by atomic mass is 19.1. The normalized spacial score (nSPS) is 10.4. The van der Waals surface area contributed by atoms with Gasteiger partial charge >= 0.3 is 11.7 Å². The first-order valence-electron chi connectivity index (χ1n) is 6.23. The molecule has 0 fully saturated rings. The minimum absolute atomic E-state index is 0.0449. The van der Waals surface area contributed by atoms with Crippen molar-refractivity contribution >= 4 is 5.69 Å². The number of nitrogens with one attached hydrogen (secondary N) is 1. The molecule has 0 amide bonds. The van der Waals surface area contributed by atoms with E-state index in [4.69, 9.17) is 4.74 Å². The van der Waals surface area contributed by atoms with Gasteiger partial charge in [0.1, 0.15) is 5.75 Å². The first kappa shape index (κ1) is 14.8. The summed E-state index contributed by atoms with van der Waals surface area (Å²) in [5, 5.41) is 13.6. The summed E-state index contributed by atoms with van der Waals surface area (Å²) in [5.41, 5.74) is 0.281. The van der Waals surface area contributed by atoms with Crippen molar-refractivity contribution in [2.24, 2.45) is 0 Å². The molecule has 0 spiro atoms. The van der Waals surface area contributed by atoms with Gasteiger partial charge in [0.05, 0.1) is 4.92 Å². The lowest BCUT2D eigenvalue weighted by Gasteiger charge is -2.05. The summed E-state index contributed by atoms with van der Waals surface area (Å²) in [7, 11) is 0. The van der Waals surface area contributed by atoms with E-state index in [1.54, 1.807) is 12.4 Å². The molecule has 0 radical (unpaired) electrons. The lowest BCUT2D eigenvalue weighted by atomic mass is 10.3. The van der Waals surface area contributed by atoms with E-state index in [1.807, 2.05) is 6.92 Å². The second kappa shape index (κ2) is 6.71. The van der Waals surface area contributed by atoms with Crippen molar-refractivity contribution in [2.45, 2.75) is 13.5 Å². The topological polar surface area (TPSA) is 90.2 Å². The van der Waals surface area contributed by atoms with Crippen LogP contribution in [-0.2, 0) is 6.54 Å². The number of hydrogen-bond donors (Lipinski definition) is 1. The van der Waals surface area contributed by atoms with Gasteiger partial charge in [-0.25, -0.2) is 9.97 Å². The van der Waals surface area contributed by atoms with Crippen LogP contribution in [0.25, 0.3) is 0 Å². The van der Waals surface area contributed by atoms with Crippen molar-refractivity contribution in [1.29, 1.82) is 0 Å². The smallest absolute Gasteiger partial charge is 0.321 e. The molecule has 0 aliphatic heterocycles. The van der Waals surface area contributed by atoms with Crippen LogP contribution in [-0.4, -0.2) is 21.4 Å². The Morgan fingerprint density at radius 1 is 1.38 bits per heavy atom. The molecule has 0 atom stereocenters. The van der Waals surface area contributed by atoms with Gasteiger partial charge in [-0.3, -0.25) is 10.1 Å². The fourth-order valence-corrected chi connectivity index (χ4v) is 1.56. The molecule has 2 rings (SSSR count). The molecule has 0 saturated carbocycles. The quantitative estimate of drug-likeness (QED) is 0.649. The van der Waals surface area contributed by atoms with Crippen LogP contribution < -0.4 is 10.1 Å². The van der Waals surface area contributed by atoms with Crippen molar-refractivity contribution in [2.75, 3.05) is 6.54 Å². The Morgan fingerprint density at radius 3 is 2.67 bits per heavy atom. The molecule has 1 aromatic carbocycles. The van der Waals surface area contributed by atoms with Crippen LogP contribution in [0.2, 0.25) is 0 Å². The molecule has 2 aromatic rings. The first-order chi connectivity index (χ1) is 10.1. The number of halogens is 1. The average molecular weight is 292 g/mol. The number of nitrogens with zero attached hydrogens (tertiary/aromatic N) is 3. The highest BCUT2D eigenvalue weighted by molar-refractivity contribution is 5.38. The van der Waals surface area contributed by atoms with Crippen LogP contribution in [0.5, 0.6) is 11.8 Å². The third kappa shape index (κ3) is 3.93. The Morgan fingerprint density at radius 2 is 2.10 bits per heavy atom. The van der Waals surface area contributed by atoms with Gasteiger partial charge in [-0.2, -0.15) is 4.39 Å². The van der Waals surface area contributed by atoms with E-state index < -0.39 is 16.4 Å². The zero-order chi connectivity index (χ0) is 15.2. The average Bonchev–Trinajstić information content (AvgIpc) is 2.46. The molecule has 8 heteroatoms. The molecule has 0 unspecified atom stereocenters. The van der Waals surface area contributed by atoms with E-state index in [0.29, 0.717) is 6.54 Å². The third-order valence-electron chi connectivity index (χ3n) is 2.59. The number of hydrogen-bond acceptors (Lipinski definition) is 6. The summed E-state index contributed by atoms with van der Waals surface area (Å²) in [6.45, 7) is 3.46. The maximum absolute atomic E-state index is 13.4. The lowest BCUT2D eigenvalue weighted by Crippen LogP contribution is -2.12. The van der Waals surface area contributed by atoms with Crippen LogP contribution in [0.4, 0.5) is 10.1 Å². The molecule has 1 heterocycles. The summed E-state index contributed by atoms with van der Waals surface area (Å²) in [5.74, 6) is -0.876. The Hall–Kier alpha value is -2.61. The molecule has 0 aliphatic rings. The molecule has 0 saturated heterocycles. The van der Waals surface area contributed by atoms with Crippen LogP contribution in [0.15, 0.2) is 30.6 Å². The zero-order valence-electron chi connectivity index (χ0n) is 11.2. The van der Waals surface area contributed by atoms with Crippen LogP contribution in [0.1, 0.15) is 12.5 Å². The van der Waals surface area contributed by atoms with Gasteiger partial charge in [0.15, 0.2) is 0 Å². The summed E-state index contributed by atoms with van der Waals surface area (Å²) in [6.07, 6.45) is 3.18. The molecule has 7 nitrogen and oxygen atoms in total. The Labute approximate surface area is 120 Å². The summed E-state index contributed by atoms with van der Waals surface area (Å²) >= 11 is 0. The lowest BCUT2D eigenvalue weighted by molar-refractivity contribution is -0.387. The highest BCUT2D eigenvalue weighted by Gasteiger charge is 2.14. The van der Waals surface area contributed by atoms with Gasteiger partial charge in [0.25, 0.3) is 0 Å². The van der Waals surface area contributed by atoms with Gasteiger partial charge in [0.2, 0.25) is 5.82 Å². The van der Waals surface area contributed by atoms with E-state index in [0.717, 1.165) is 24.2 Å². The molecule has 21 heavy (non-hydrogen) atoms. The Kier molecular flexibility index (Phi) is 4.72. The summed E-state index contributed by atoms with van der Waals surface area (Å²) < 4.78 is 18.7. The van der Waals surface area contributed by atoms with Crippen molar-refractivity contribution in [3.05, 3.63) is 52.1 Å². The van der Waals surface area contributed by atoms with E-state index >= 15 is 0 Å². The monoisotopic (exact) mass is 292 g/mol. The van der Waals surface area contributed by atoms with E-state index in [2.05, 4.69) is 15.3 Å². The predicted octanol–water partition coefficient (Wildman–Crippen LogP) is 2.43. The minimum Gasteiger partial charge on any atom is -0.424 e. The minimum atomic E-state index is -0.971. The Bertz CT molecular complexity index is 634. The fraction of sp³-hybridized carbons (Fsp3) is 0.231. The van der Waals surface area contributed by atoms with Crippen LogP contribution in [0, 0.1) is 15.9 Å². The second-order valence-electron chi connectivity index (χ2n) is 4.13. The maximum Gasteiger partial charge on any atom is 0.321 e. The molecule has 110 valence electrons. The highest BCUT2D eigenvalue weighted by Crippen LogP contribution is 2.24. The molecule has 1 aromatic heterocycles. The van der Waals surface area contributed by atoms with Gasteiger partial charge in [0, 0.05) is 36.6 Å². The van der Waals surface area contributed by atoms with Gasteiger partial charge in [-0.1, -0.05) is 6.92 Å². The zero-order valence-corrected chi connectivity index (χ0v) is 11.2. The number of benzene rings is 1. The number of nitro benzene ring substituents is 1. The standard InChI is InChI=1S/C13H13FN4O3/c1-2-15-6-9-7-16-13(17-8-9)21-10-3-4-12(18(19)20)11(14)5-10/h3-5,7-8,15H,2,6H2,1H3. The molecular formula is C13H13FN4O3. The number of rotatable bonds is 6. The number of aromatic nitrogens is 2. The van der Waals surface area contributed by atoms with E-state index in [1.165, 1.54) is 6.07 Å². The number of nitro groups is 1. The SMILES string of the molecule is CCNCc1cnc(Oc2ccc([N+](=O)[O-])c(F)c2)nc1. The maximum atomic E-state index is 13.4. The van der Waals surface area contributed by atoms with Gasteiger partial charge in [-0.05, 0) is 12.6 Å². The van der Waals surface area contributed by atoms with Crippen molar-refractivity contribution in [1.82, 2.24) is 15.3 Å². The van der Waals surface area contributed by atoms with E-state index in [9.17, 15) is 14.5 Å². The van der Waals surface area contributed by atoms with Crippen molar-refractivity contribution in [3.8, 4) is 11.8 Å². The van der Waals surface area contributed by atoms with Gasteiger partial charge in [-0.15, -0.1) is 0 Å². The van der Waals surface area contributed by atoms with E-state index in [-0.39, 0.29) is 11.8 Å². The first-order valence-corrected chi connectivity index (χ1v) is 6.23. The third-order valence-corrected chi connectivity index (χ3v) is 2.59. The molecule has 0 aliphatic carbocycles. The Balaban J connectivity index is 2.07. The van der Waals surface area contributed by atoms with Crippen molar-refractivity contribution in [3.63, 3.8) is 0 Å². The summed E-state index contributed by atoms with van der Waals surface area (Å²) in [4.78, 5) is 17.7. The number of ether oxygens (including phenoxy) is 1. The largest absolute Gasteiger partial charge is 0.424 e. The van der Waals surface area contributed by atoms with Crippen LogP contribution in [0.3, 0.4) is 0 Å². The van der Waals surface area contributed by atoms with Crippen molar-refractivity contribution < 1.29 is 14.1 Å². The van der Waals surface area contributed by atoms with Gasteiger partial charge < -0.3 is 10.1 Å². The fourth-order valence-electron chi connectivity index (χ4n) is 1.56. The second-order valence-corrected chi connectivity index (χ2v) is 4.13. The predicted molar refractivity (Wildman–Crippen MR) is 72.5 cm³/mol. The molecular weight excluding hydrogens is 279 g/mol. The molecule has 1 N–H and O–H groups in total. The molecule has 0 bridgehead atoms. The van der Waals surface area contributed by atoms with Crippen LogP contribution >= 0.6 is 0 Å². The summed E-state index contributed by atoms with van der Waals surface area (Å²) in [6, 6.07) is 3.29.